The second-order valence-electron chi connectivity index (χ2n) is 6.98. The van der Waals surface area contributed by atoms with E-state index in [-0.39, 0.29) is 18.0 Å². The summed E-state index contributed by atoms with van der Waals surface area (Å²) in [5.41, 5.74) is 2.71. The molecule has 0 bridgehead atoms. The molecule has 0 aliphatic heterocycles. The van der Waals surface area contributed by atoms with Gasteiger partial charge in [0.1, 0.15) is 17.2 Å². The number of fused-ring (bicyclic) bond motifs is 1. The molecule has 146 valence electrons. The summed E-state index contributed by atoms with van der Waals surface area (Å²) in [6.45, 7) is 2.24. The van der Waals surface area contributed by atoms with E-state index in [1.807, 2.05) is 66.0 Å². The maximum Gasteiger partial charge on any atom is 0.263 e. The molecule has 0 fully saturated rings. The van der Waals surface area contributed by atoms with Crippen LogP contribution in [0.15, 0.2) is 70.8 Å². The van der Waals surface area contributed by atoms with Crippen LogP contribution in [0.5, 0.6) is 0 Å². The molecule has 0 spiro atoms. The van der Waals surface area contributed by atoms with Crippen molar-refractivity contribution in [3.63, 3.8) is 0 Å². The van der Waals surface area contributed by atoms with E-state index < -0.39 is 0 Å². The minimum atomic E-state index is -0.172. The predicted molar refractivity (Wildman–Crippen MR) is 117 cm³/mol. The van der Waals surface area contributed by atoms with Crippen molar-refractivity contribution in [1.29, 1.82) is 0 Å². The van der Waals surface area contributed by atoms with E-state index in [9.17, 15) is 9.59 Å². The lowest BCUT2D eigenvalue weighted by atomic mass is 10.1. The van der Waals surface area contributed by atoms with Gasteiger partial charge in [0.2, 0.25) is 5.91 Å². The zero-order chi connectivity index (χ0) is 20.4. The Hall–Kier alpha value is -3.25. The molecule has 0 radical (unpaired) electrons. The Labute approximate surface area is 172 Å². The second-order valence-corrected chi connectivity index (χ2v) is 7.84. The van der Waals surface area contributed by atoms with E-state index in [0.717, 1.165) is 16.7 Å². The number of hydrogen-bond donors (Lipinski definition) is 0. The zero-order valence-corrected chi connectivity index (χ0v) is 17.1. The fraction of sp³-hybridized carbons (Fsp3) is 0.174. The lowest BCUT2D eigenvalue weighted by molar-refractivity contribution is -0.131. The third-order valence-corrected chi connectivity index (χ3v) is 5.82. The molecule has 4 rings (SSSR count). The summed E-state index contributed by atoms with van der Waals surface area (Å²) < 4.78 is 1.48. The van der Waals surface area contributed by atoms with Crippen molar-refractivity contribution in [3.8, 4) is 11.1 Å². The lowest BCUT2D eigenvalue weighted by Crippen LogP contribution is -2.35. The number of benzene rings is 2. The van der Waals surface area contributed by atoms with Crippen LogP contribution >= 0.6 is 11.3 Å². The van der Waals surface area contributed by atoms with Gasteiger partial charge in [-0.15, -0.1) is 11.3 Å². The topological polar surface area (TPSA) is 55.2 Å². The summed E-state index contributed by atoms with van der Waals surface area (Å²) in [7, 11) is 1.75. The van der Waals surface area contributed by atoms with Crippen LogP contribution in [0.1, 0.15) is 11.4 Å². The van der Waals surface area contributed by atoms with Crippen LogP contribution in [0.4, 0.5) is 0 Å². The molecule has 0 N–H and O–H groups in total. The van der Waals surface area contributed by atoms with Crippen molar-refractivity contribution in [2.75, 3.05) is 7.05 Å². The van der Waals surface area contributed by atoms with Crippen LogP contribution in [0.3, 0.4) is 0 Å². The smallest absolute Gasteiger partial charge is 0.263 e. The SMILES string of the molecule is Cc1nc2scc(-c3ccccc3)c2c(=O)n1CC(=O)N(C)Cc1ccccc1. The first-order valence-corrected chi connectivity index (χ1v) is 10.2. The highest BCUT2D eigenvalue weighted by atomic mass is 32.1. The Kier molecular flexibility index (Phi) is 5.27. The number of nitrogens with zero attached hydrogens (tertiary/aromatic N) is 3. The number of likely N-dealkylation sites (N-methyl/N-ethyl adjacent to an activating group) is 1. The highest BCUT2D eigenvalue weighted by Crippen LogP contribution is 2.30. The number of carbonyl (C=O) groups excluding carboxylic acids is 1. The van der Waals surface area contributed by atoms with Crippen LogP contribution in [-0.2, 0) is 17.9 Å². The number of rotatable bonds is 5. The number of carbonyl (C=O) groups is 1. The molecule has 6 heteroatoms. The standard InChI is InChI=1S/C23H21N3O2S/c1-16-24-22-21(19(15-29-22)18-11-7-4-8-12-18)23(28)26(16)14-20(27)25(2)13-17-9-5-3-6-10-17/h3-12,15H,13-14H2,1-2H3. The molecule has 0 saturated carbocycles. The quantitative estimate of drug-likeness (QED) is 0.504. The average Bonchev–Trinajstić information content (AvgIpc) is 3.16. The second kappa shape index (κ2) is 8.01. The summed E-state index contributed by atoms with van der Waals surface area (Å²) in [5.74, 6) is 0.419. The van der Waals surface area contributed by atoms with E-state index in [1.165, 1.54) is 15.9 Å². The Morgan fingerprint density at radius 3 is 2.41 bits per heavy atom. The van der Waals surface area contributed by atoms with Gasteiger partial charge in [-0.2, -0.15) is 0 Å². The molecule has 0 aliphatic carbocycles. The third-order valence-electron chi connectivity index (χ3n) is 4.95. The minimum Gasteiger partial charge on any atom is -0.340 e. The van der Waals surface area contributed by atoms with Gasteiger partial charge in [0.05, 0.1) is 5.39 Å². The zero-order valence-electron chi connectivity index (χ0n) is 16.3. The fourth-order valence-electron chi connectivity index (χ4n) is 3.34. The van der Waals surface area contributed by atoms with Gasteiger partial charge < -0.3 is 4.90 Å². The molecule has 29 heavy (non-hydrogen) atoms. The van der Waals surface area contributed by atoms with Crippen molar-refractivity contribution in [1.82, 2.24) is 14.5 Å². The number of aromatic nitrogens is 2. The van der Waals surface area contributed by atoms with Gasteiger partial charge in [-0.25, -0.2) is 4.98 Å². The van der Waals surface area contributed by atoms with Gasteiger partial charge in [-0.05, 0) is 18.1 Å². The Bertz CT molecular complexity index is 1210. The molecule has 4 aromatic rings. The Morgan fingerprint density at radius 2 is 1.72 bits per heavy atom. The van der Waals surface area contributed by atoms with Gasteiger partial charge in [0, 0.05) is 24.5 Å². The Balaban J connectivity index is 1.67. The lowest BCUT2D eigenvalue weighted by Gasteiger charge is -2.19. The highest BCUT2D eigenvalue weighted by Gasteiger charge is 2.18. The summed E-state index contributed by atoms with van der Waals surface area (Å²) in [6, 6.07) is 19.6. The Morgan fingerprint density at radius 1 is 1.07 bits per heavy atom. The third kappa shape index (κ3) is 3.84. The van der Waals surface area contributed by atoms with Crippen molar-refractivity contribution >= 4 is 27.5 Å². The van der Waals surface area contributed by atoms with Crippen LogP contribution in [0.2, 0.25) is 0 Å². The molecule has 0 saturated heterocycles. The van der Waals surface area contributed by atoms with Crippen LogP contribution in [0, 0.1) is 6.92 Å². The van der Waals surface area contributed by atoms with Gasteiger partial charge in [-0.3, -0.25) is 14.2 Å². The van der Waals surface area contributed by atoms with Gasteiger partial charge in [0.25, 0.3) is 5.56 Å². The van der Waals surface area contributed by atoms with E-state index in [1.54, 1.807) is 18.9 Å². The predicted octanol–water partition coefficient (Wildman–Crippen LogP) is 4.09. The molecule has 1 amide bonds. The van der Waals surface area contributed by atoms with Gasteiger partial charge in [0.15, 0.2) is 0 Å². The monoisotopic (exact) mass is 403 g/mol. The van der Waals surface area contributed by atoms with Gasteiger partial charge in [-0.1, -0.05) is 60.7 Å². The molecule has 0 aliphatic rings. The number of thiophene rings is 1. The van der Waals surface area contributed by atoms with Crippen LogP contribution < -0.4 is 5.56 Å². The number of amides is 1. The van der Waals surface area contributed by atoms with Gasteiger partial charge >= 0.3 is 0 Å². The van der Waals surface area contributed by atoms with Crippen molar-refractivity contribution in [3.05, 3.63) is 87.8 Å². The van der Waals surface area contributed by atoms with Crippen molar-refractivity contribution < 1.29 is 4.79 Å². The fourth-order valence-corrected chi connectivity index (χ4v) is 4.33. The normalized spacial score (nSPS) is 11.0. The summed E-state index contributed by atoms with van der Waals surface area (Å²) in [5, 5.41) is 2.53. The van der Waals surface area contributed by atoms with Crippen molar-refractivity contribution in [2.45, 2.75) is 20.0 Å². The summed E-state index contributed by atoms with van der Waals surface area (Å²) >= 11 is 1.45. The molecule has 0 unspecified atom stereocenters. The molecule has 2 heterocycles. The maximum atomic E-state index is 13.3. The number of hydrogen-bond acceptors (Lipinski definition) is 4. The minimum absolute atomic E-state index is 0.0268. The largest absolute Gasteiger partial charge is 0.340 e. The summed E-state index contributed by atoms with van der Waals surface area (Å²) in [6.07, 6.45) is 0. The first-order valence-electron chi connectivity index (χ1n) is 9.36. The first-order chi connectivity index (χ1) is 14.0. The molecular formula is C23H21N3O2S. The van der Waals surface area contributed by atoms with Crippen LogP contribution in [-0.4, -0.2) is 27.4 Å². The van der Waals surface area contributed by atoms with Crippen LogP contribution in [0.25, 0.3) is 21.3 Å². The summed E-state index contributed by atoms with van der Waals surface area (Å²) in [4.78, 5) is 33.0. The molecule has 0 atom stereocenters. The molecule has 2 aromatic heterocycles. The molecule has 5 nitrogen and oxygen atoms in total. The first kappa shape index (κ1) is 19.1. The van der Waals surface area contributed by atoms with E-state index in [0.29, 0.717) is 22.6 Å². The number of aryl methyl sites for hydroxylation is 1. The highest BCUT2D eigenvalue weighted by molar-refractivity contribution is 7.17. The maximum absolute atomic E-state index is 13.3. The van der Waals surface area contributed by atoms with E-state index in [2.05, 4.69) is 4.98 Å². The van der Waals surface area contributed by atoms with E-state index >= 15 is 0 Å². The average molecular weight is 404 g/mol. The molecule has 2 aromatic carbocycles. The van der Waals surface area contributed by atoms with Crippen molar-refractivity contribution in [2.24, 2.45) is 0 Å². The van der Waals surface area contributed by atoms with E-state index in [4.69, 9.17) is 0 Å². The molecular weight excluding hydrogens is 382 g/mol.